The molecule has 0 saturated heterocycles. The minimum absolute atomic E-state index is 0.357. The standard InChI is InChI=1S/C22H25N3O/c26-21-10-4-8-18(14-21)9-5-11-24-12-13-25-20(17-24)16-23-22(25)15-19-6-2-1-3-7-19/h1-4,6-8,10,14,16,26H,5,9,11-13,15,17H2. The maximum absolute atomic E-state index is 9.56. The van der Waals surface area contributed by atoms with Gasteiger partial charge in [-0.25, -0.2) is 4.98 Å². The van der Waals surface area contributed by atoms with Crippen molar-refractivity contribution in [1.29, 1.82) is 0 Å². The third-order valence-electron chi connectivity index (χ3n) is 5.10. The molecule has 3 aromatic rings. The van der Waals surface area contributed by atoms with Crippen LogP contribution in [-0.2, 0) is 25.9 Å². The van der Waals surface area contributed by atoms with Gasteiger partial charge in [-0.3, -0.25) is 4.90 Å². The number of phenolic OH excluding ortho intramolecular Hbond substituents is 1. The first-order valence-electron chi connectivity index (χ1n) is 9.35. The van der Waals surface area contributed by atoms with E-state index in [1.54, 1.807) is 6.07 Å². The lowest BCUT2D eigenvalue weighted by Gasteiger charge is -2.29. The monoisotopic (exact) mass is 347 g/mol. The molecular weight excluding hydrogens is 322 g/mol. The Kier molecular flexibility index (Phi) is 5.02. The predicted molar refractivity (Wildman–Crippen MR) is 103 cm³/mol. The van der Waals surface area contributed by atoms with Crippen LogP contribution in [-0.4, -0.2) is 32.6 Å². The smallest absolute Gasteiger partial charge is 0.115 e. The van der Waals surface area contributed by atoms with Gasteiger partial charge in [-0.05, 0) is 42.6 Å². The van der Waals surface area contributed by atoms with Gasteiger partial charge in [0.25, 0.3) is 0 Å². The van der Waals surface area contributed by atoms with Crippen molar-refractivity contribution in [1.82, 2.24) is 14.5 Å². The highest BCUT2D eigenvalue weighted by Gasteiger charge is 2.19. The van der Waals surface area contributed by atoms with E-state index in [2.05, 4.69) is 50.8 Å². The molecule has 1 aliphatic rings. The second-order valence-corrected chi connectivity index (χ2v) is 7.03. The summed E-state index contributed by atoms with van der Waals surface area (Å²) in [6.45, 7) is 4.14. The van der Waals surface area contributed by atoms with Crippen LogP contribution in [0.5, 0.6) is 5.75 Å². The van der Waals surface area contributed by atoms with Crippen molar-refractivity contribution in [2.75, 3.05) is 13.1 Å². The average Bonchev–Trinajstić information content (AvgIpc) is 3.05. The summed E-state index contributed by atoms with van der Waals surface area (Å²) in [5, 5.41) is 9.56. The fraction of sp³-hybridized carbons (Fsp3) is 0.318. The molecule has 1 aromatic heterocycles. The Bertz CT molecular complexity index is 857. The summed E-state index contributed by atoms with van der Waals surface area (Å²) < 4.78 is 2.39. The molecule has 0 atom stereocenters. The van der Waals surface area contributed by atoms with Gasteiger partial charge in [-0.15, -0.1) is 0 Å². The van der Waals surface area contributed by atoms with Crippen LogP contribution in [0, 0.1) is 0 Å². The molecule has 0 unspecified atom stereocenters. The van der Waals surface area contributed by atoms with E-state index >= 15 is 0 Å². The number of hydrogen-bond acceptors (Lipinski definition) is 3. The molecule has 4 rings (SSSR count). The van der Waals surface area contributed by atoms with Crippen molar-refractivity contribution in [3.63, 3.8) is 0 Å². The Morgan fingerprint density at radius 3 is 2.65 bits per heavy atom. The number of imidazole rings is 1. The highest BCUT2D eigenvalue weighted by atomic mass is 16.3. The fourth-order valence-electron chi connectivity index (χ4n) is 3.73. The number of aryl methyl sites for hydroxylation is 1. The van der Waals surface area contributed by atoms with E-state index < -0.39 is 0 Å². The Morgan fingerprint density at radius 2 is 1.81 bits per heavy atom. The van der Waals surface area contributed by atoms with Crippen LogP contribution in [0.1, 0.15) is 29.1 Å². The molecule has 0 fully saturated rings. The van der Waals surface area contributed by atoms with Crippen LogP contribution in [0.3, 0.4) is 0 Å². The lowest BCUT2D eigenvalue weighted by molar-refractivity contribution is 0.217. The molecule has 0 spiro atoms. The van der Waals surface area contributed by atoms with Crippen LogP contribution in [0.4, 0.5) is 0 Å². The quantitative estimate of drug-likeness (QED) is 0.740. The van der Waals surface area contributed by atoms with E-state index in [4.69, 9.17) is 0 Å². The van der Waals surface area contributed by atoms with Crippen molar-refractivity contribution in [3.8, 4) is 5.75 Å². The zero-order valence-electron chi connectivity index (χ0n) is 15.0. The van der Waals surface area contributed by atoms with Gasteiger partial charge in [-0.2, -0.15) is 0 Å². The first kappa shape index (κ1) is 16.9. The minimum Gasteiger partial charge on any atom is -0.508 e. The maximum Gasteiger partial charge on any atom is 0.115 e. The minimum atomic E-state index is 0.357. The van der Waals surface area contributed by atoms with Crippen LogP contribution >= 0.6 is 0 Å². The van der Waals surface area contributed by atoms with Gasteiger partial charge in [-0.1, -0.05) is 42.5 Å². The Labute approximate surface area is 154 Å². The third kappa shape index (κ3) is 3.97. The van der Waals surface area contributed by atoms with E-state index in [0.29, 0.717) is 5.75 Å². The number of phenols is 1. The number of nitrogens with zero attached hydrogens (tertiary/aromatic N) is 3. The summed E-state index contributed by atoms with van der Waals surface area (Å²) in [4.78, 5) is 7.18. The highest BCUT2D eigenvalue weighted by molar-refractivity contribution is 5.27. The van der Waals surface area contributed by atoms with Crippen LogP contribution in [0.2, 0.25) is 0 Å². The molecule has 1 N–H and O–H groups in total. The number of fused-ring (bicyclic) bond motifs is 1. The molecule has 4 heteroatoms. The van der Waals surface area contributed by atoms with Crippen LogP contribution in [0.15, 0.2) is 60.8 Å². The van der Waals surface area contributed by atoms with Crippen molar-refractivity contribution < 1.29 is 5.11 Å². The van der Waals surface area contributed by atoms with Gasteiger partial charge in [0, 0.05) is 32.3 Å². The lowest BCUT2D eigenvalue weighted by Crippen LogP contribution is -2.34. The largest absolute Gasteiger partial charge is 0.508 e. The van der Waals surface area contributed by atoms with Crippen molar-refractivity contribution in [2.45, 2.75) is 32.4 Å². The van der Waals surface area contributed by atoms with Crippen molar-refractivity contribution in [2.24, 2.45) is 0 Å². The molecule has 26 heavy (non-hydrogen) atoms. The van der Waals surface area contributed by atoms with Gasteiger partial charge < -0.3 is 9.67 Å². The lowest BCUT2D eigenvalue weighted by atomic mass is 10.1. The zero-order chi connectivity index (χ0) is 17.8. The molecule has 0 radical (unpaired) electrons. The molecule has 0 amide bonds. The summed E-state index contributed by atoms with van der Waals surface area (Å²) in [7, 11) is 0. The van der Waals surface area contributed by atoms with Gasteiger partial charge in [0.15, 0.2) is 0 Å². The number of aromatic nitrogens is 2. The van der Waals surface area contributed by atoms with E-state index in [-0.39, 0.29) is 0 Å². The number of aromatic hydroxyl groups is 1. The van der Waals surface area contributed by atoms with Crippen LogP contribution < -0.4 is 0 Å². The molecule has 2 heterocycles. The second kappa shape index (κ2) is 7.75. The Balaban J connectivity index is 1.32. The number of rotatable bonds is 6. The topological polar surface area (TPSA) is 41.3 Å². The van der Waals surface area contributed by atoms with E-state index in [1.165, 1.54) is 22.6 Å². The van der Waals surface area contributed by atoms with Crippen molar-refractivity contribution in [3.05, 3.63) is 83.4 Å². The number of hydrogen-bond donors (Lipinski definition) is 1. The van der Waals surface area contributed by atoms with Crippen LogP contribution in [0.25, 0.3) is 0 Å². The average molecular weight is 347 g/mol. The fourth-order valence-corrected chi connectivity index (χ4v) is 3.73. The molecule has 134 valence electrons. The second-order valence-electron chi connectivity index (χ2n) is 7.03. The molecule has 1 aliphatic heterocycles. The van der Waals surface area contributed by atoms with Crippen molar-refractivity contribution >= 4 is 0 Å². The van der Waals surface area contributed by atoms with Gasteiger partial charge in [0.2, 0.25) is 0 Å². The summed E-state index contributed by atoms with van der Waals surface area (Å²) >= 11 is 0. The van der Waals surface area contributed by atoms with E-state index in [9.17, 15) is 5.11 Å². The highest BCUT2D eigenvalue weighted by Crippen LogP contribution is 2.18. The molecule has 4 nitrogen and oxygen atoms in total. The zero-order valence-corrected chi connectivity index (χ0v) is 15.0. The Morgan fingerprint density at radius 1 is 0.962 bits per heavy atom. The molecule has 0 aliphatic carbocycles. The van der Waals surface area contributed by atoms with E-state index in [1.807, 2.05) is 18.3 Å². The maximum atomic E-state index is 9.56. The number of benzene rings is 2. The first-order valence-corrected chi connectivity index (χ1v) is 9.35. The predicted octanol–water partition coefficient (Wildman–Crippen LogP) is 3.63. The van der Waals surface area contributed by atoms with E-state index in [0.717, 1.165) is 45.4 Å². The van der Waals surface area contributed by atoms with Gasteiger partial charge in [0.05, 0.1) is 5.69 Å². The third-order valence-corrected chi connectivity index (χ3v) is 5.10. The summed E-state index contributed by atoms with van der Waals surface area (Å²) in [5.74, 6) is 1.53. The Hall–Kier alpha value is -2.59. The van der Waals surface area contributed by atoms with Gasteiger partial charge in [0.1, 0.15) is 11.6 Å². The first-order chi connectivity index (χ1) is 12.8. The summed E-state index contributed by atoms with van der Waals surface area (Å²) in [6.07, 6.45) is 5.05. The molecule has 0 saturated carbocycles. The SMILES string of the molecule is Oc1cccc(CCCN2CCn3c(cnc3Cc3ccccc3)C2)c1. The molecule has 0 bridgehead atoms. The molecular formula is C22H25N3O. The normalized spacial score (nSPS) is 14.3. The summed E-state index contributed by atoms with van der Waals surface area (Å²) in [5.41, 5.74) is 3.84. The van der Waals surface area contributed by atoms with Gasteiger partial charge >= 0.3 is 0 Å². The summed E-state index contributed by atoms with van der Waals surface area (Å²) in [6, 6.07) is 18.1. The molecule has 2 aromatic carbocycles.